The maximum absolute atomic E-state index is 6.15. The molecule has 2 saturated carbocycles. The number of aliphatic imine (C=N–C) groups is 1. The minimum Gasteiger partial charge on any atom is -0.370 e. The maximum atomic E-state index is 6.15. The van der Waals surface area contributed by atoms with Crippen LogP contribution in [-0.4, -0.2) is 29.5 Å². The van der Waals surface area contributed by atoms with E-state index in [4.69, 9.17) is 5.73 Å². The fraction of sp³-hybridized carbons (Fsp3) is 0.929. The fourth-order valence-electron chi connectivity index (χ4n) is 3.89. The van der Waals surface area contributed by atoms with Crippen molar-refractivity contribution in [3.63, 3.8) is 0 Å². The highest BCUT2D eigenvalue weighted by atomic mass is 15.4. The van der Waals surface area contributed by atoms with Crippen LogP contribution < -0.4 is 5.73 Å². The molecule has 3 heteroatoms. The Morgan fingerprint density at radius 3 is 2.88 bits per heavy atom. The summed E-state index contributed by atoms with van der Waals surface area (Å²) >= 11 is 0. The number of nitrogens with two attached hydrogens (primary N) is 1. The first-order valence-electron chi connectivity index (χ1n) is 7.34. The second-order valence-electron chi connectivity index (χ2n) is 6.18. The van der Waals surface area contributed by atoms with Crippen LogP contribution in [0.4, 0.5) is 0 Å². The molecule has 3 nitrogen and oxygen atoms in total. The number of guanidine groups is 1. The molecular weight excluding hydrogens is 210 g/mol. The molecule has 96 valence electrons. The highest BCUT2D eigenvalue weighted by Gasteiger charge is 2.49. The lowest BCUT2D eigenvalue weighted by atomic mass is 9.70. The molecule has 1 heterocycles. The van der Waals surface area contributed by atoms with Gasteiger partial charge in [-0.05, 0) is 37.5 Å². The van der Waals surface area contributed by atoms with Crippen molar-refractivity contribution in [3.05, 3.63) is 0 Å². The van der Waals surface area contributed by atoms with E-state index in [2.05, 4.69) is 16.8 Å². The zero-order valence-electron chi connectivity index (χ0n) is 11.0. The summed E-state index contributed by atoms with van der Waals surface area (Å²) in [7, 11) is 0. The van der Waals surface area contributed by atoms with Crippen molar-refractivity contribution < 1.29 is 0 Å². The molecule has 17 heavy (non-hydrogen) atoms. The molecule has 0 aromatic rings. The van der Waals surface area contributed by atoms with Gasteiger partial charge in [-0.15, -0.1) is 0 Å². The number of hydrogen-bond acceptors (Lipinski definition) is 3. The predicted octanol–water partition coefficient (Wildman–Crippen LogP) is 2.37. The molecule has 3 aliphatic rings. The molecule has 2 fully saturated rings. The van der Waals surface area contributed by atoms with Crippen molar-refractivity contribution in [2.75, 3.05) is 13.1 Å². The van der Waals surface area contributed by atoms with Crippen LogP contribution in [0.3, 0.4) is 0 Å². The van der Waals surface area contributed by atoms with Gasteiger partial charge in [-0.2, -0.15) is 0 Å². The molecule has 0 amide bonds. The van der Waals surface area contributed by atoms with Crippen molar-refractivity contribution in [1.29, 1.82) is 0 Å². The van der Waals surface area contributed by atoms with Gasteiger partial charge in [-0.3, -0.25) is 4.99 Å². The highest BCUT2D eigenvalue weighted by Crippen LogP contribution is 2.44. The molecule has 0 radical (unpaired) electrons. The predicted molar refractivity (Wildman–Crippen MR) is 70.9 cm³/mol. The van der Waals surface area contributed by atoms with E-state index in [9.17, 15) is 0 Å². The van der Waals surface area contributed by atoms with Crippen molar-refractivity contribution in [1.82, 2.24) is 4.90 Å². The van der Waals surface area contributed by atoms with E-state index in [0.29, 0.717) is 5.54 Å². The van der Waals surface area contributed by atoms with Gasteiger partial charge in [0.05, 0.1) is 12.1 Å². The zero-order chi connectivity index (χ0) is 11.9. The summed E-state index contributed by atoms with van der Waals surface area (Å²) in [6, 6.07) is 0. The average molecular weight is 235 g/mol. The maximum Gasteiger partial charge on any atom is 0.191 e. The van der Waals surface area contributed by atoms with Gasteiger partial charge >= 0.3 is 0 Å². The van der Waals surface area contributed by atoms with Gasteiger partial charge in [0.2, 0.25) is 0 Å². The molecule has 2 N–H and O–H groups in total. The Kier molecular flexibility index (Phi) is 2.80. The third-order valence-electron chi connectivity index (χ3n) is 5.13. The minimum absolute atomic E-state index is 0.305. The zero-order valence-corrected chi connectivity index (χ0v) is 11.0. The van der Waals surface area contributed by atoms with E-state index in [1.54, 1.807) is 0 Å². The lowest BCUT2D eigenvalue weighted by molar-refractivity contribution is 0.0669. The molecule has 1 aliphatic heterocycles. The number of rotatable bonds is 3. The number of hydrogen-bond donors (Lipinski definition) is 1. The second-order valence-corrected chi connectivity index (χ2v) is 6.18. The monoisotopic (exact) mass is 235 g/mol. The molecule has 2 atom stereocenters. The summed E-state index contributed by atoms with van der Waals surface area (Å²) in [6.07, 6.45) is 9.53. The summed E-state index contributed by atoms with van der Waals surface area (Å²) in [6.45, 7) is 4.47. The number of nitrogens with zero attached hydrogens (tertiary/aromatic N) is 2. The van der Waals surface area contributed by atoms with Gasteiger partial charge in [-0.25, -0.2) is 0 Å². The quantitative estimate of drug-likeness (QED) is 0.816. The van der Waals surface area contributed by atoms with Gasteiger partial charge in [-0.1, -0.05) is 26.2 Å². The van der Waals surface area contributed by atoms with Gasteiger partial charge in [0, 0.05) is 6.54 Å². The van der Waals surface area contributed by atoms with Crippen molar-refractivity contribution in [2.24, 2.45) is 22.6 Å². The Morgan fingerprint density at radius 2 is 2.18 bits per heavy atom. The highest BCUT2D eigenvalue weighted by molar-refractivity contribution is 5.81. The summed E-state index contributed by atoms with van der Waals surface area (Å²) < 4.78 is 0. The molecule has 0 saturated heterocycles. The van der Waals surface area contributed by atoms with Crippen LogP contribution >= 0.6 is 0 Å². The van der Waals surface area contributed by atoms with E-state index in [0.717, 1.165) is 24.3 Å². The Labute approximate surface area is 104 Å². The third kappa shape index (κ3) is 1.84. The van der Waals surface area contributed by atoms with Gasteiger partial charge in [0.15, 0.2) is 5.96 Å². The summed E-state index contributed by atoms with van der Waals surface area (Å²) in [5, 5.41) is 0. The lowest BCUT2D eigenvalue weighted by Crippen LogP contribution is -2.57. The Balaban J connectivity index is 1.82. The minimum atomic E-state index is 0.305. The van der Waals surface area contributed by atoms with Crippen molar-refractivity contribution in [3.8, 4) is 0 Å². The molecule has 0 bridgehead atoms. The smallest absolute Gasteiger partial charge is 0.191 e. The van der Waals surface area contributed by atoms with Gasteiger partial charge < -0.3 is 10.6 Å². The topological polar surface area (TPSA) is 41.6 Å². The van der Waals surface area contributed by atoms with E-state index in [1.807, 2.05) is 0 Å². The largest absolute Gasteiger partial charge is 0.370 e. The van der Waals surface area contributed by atoms with Crippen molar-refractivity contribution >= 4 is 5.96 Å². The molecule has 1 spiro atoms. The van der Waals surface area contributed by atoms with Crippen molar-refractivity contribution in [2.45, 2.75) is 57.4 Å². The van der Waals surface area contributed by atoms with Crippen LogP contribution in [0.15, 0.2) is 4.99 Å². The molecular formula is C14H25N3. The summed E-state index contributed by atoms with van der Waals surface area (Å²) in [5.74, 6) is 2.54. The molecule has 0 aromatic heterocycles. The molecule has 2 aliphatic carbocycles. The van der Waals surface area contributed by atoms with E-state index < -0.39 is 0 Å². The fourth-order valence-corrected chi connectivity index (χ4v) is 3.89. The SMILES string of the molecule is CCC1CCCCC12CN=C(N)N2CC1CC1. The first-order chi connectivity index (χ1) is 8.26. The standard InChI is InChI=1S/C14H25N3/c1-2-12-5-3-4-8-14(12)10-16-13(15)17(14)9-11-6-7-11/h11-12H,2-10H2,1H3,(H2,15,16). The summed E-state index contributed by atoms with van der Waals surface area (Å²) in [4.78, 5) is 7.09. The van der Waals surface area contributed by atoms with Crippen LogP contribution in [-0.2, 0) is 0 Å². The second kappa shape index (κ2) is 4.18. The van der Waals surface area contributed by atoms with Gasteiger partial charge in [0.1, 0.15) is 0 Å². The van der Waals surface area contributed by atoms with Crippen LogP contribution in [0, 0.1) is 11.8 Å². The molecule has 2 unspecified atom stereocenters. The Morgan fingerprint density at radius 1 is 1.35 bits per heavy atom. The first kappa shape index (κ1) is 11.4. The van der Waals surface area contributed by atoms with Crippen LogP contribution in [0.1, 0.15) is 51.9 Å². The first-order valence-corrected chi connectivity index (χ1v) is 7.34. The third-order valence-corrected chi connectivity index (χ3v) is 5.13. The Bertz CT molecular complexity index is 321. The average Bonchev–Trinajstić information content (AvgIpc) is 3.12. The van der Waals surface area contributed by atoms with Crippen LogP contribution in [0.25, 0.3) is 0 Å². The van der Waals surface area contributed by atoms with E-state index in [-0.39, 0.29) is 0 Å². The normalized spacial score (nSPS) is 37.6. The van der Waals surface area contributed by atoms with Crippen LogP contribution in [0.5, 0.6) is 0 Å². The van der Waals surface area contributed by atoms with Gasteiger partial charge in [0.25, 0.3) is 0 Å². The molecule has 3 rings (SSSR count). The van der Waals surface area contributed by atoms with E-state index >= 15 is 0 Å². The molecule has 0 aromatic carbocycles. The summed E-state index contributed by atoms with van der Waals surface area (Å²) in [5.41, 5.74) is 6.46. The Hall–Kier alpha value is -0.730. The van der Waals surface area contributed by atoms with Crippen LogP contribution in [0.2, 0.25) is 0 Å². The van der Waals surface area contributed by atoms with E-state index in [1.165, 1.54) is 51.5 Å². The lowest BCUT2D eigenvalue weighted by Gasteiger charge is -2.48.